The molecule has 1 unspecified atom stereocenters. The van der Waals surface area contributed by atoms with E-state index in [2.05, 4.69) is 0 Å². The van der Waals surface area contributed by atoms with Crippen molar-refractivity contribution >= 4 is 30.3 Å². The Morgan fingerprint density at radius 1 is 1.25 bits per heavy atom. The predicted octanol–water partition coefficient (Wildman–Crippen LogP) is 1.74. The van der Waals surface area contributed by atoms with E-state index >= 15 is 0 Å². The van der Waals surface area contributed by atoms with E-state index in [-0.39, 0.29) is 5.69 Å². The number of nitrogens with zero attached hydrogens (tertiary/aromatic N) is 1. The molecule has 3 nitrogen and oxygen atoms in total. The Labute approximate surface area is 91.8 Å². The van der Waals surface area contributed by atoms with Gasteiger partial charge in [-0.05, 0) is 12.1 Å². The second-order valence-electron chi connectivity index (χ2n) is 2.90. The lowest BCUT2D eigenvalue weighted by atomic mass is 10.3. The smallest absolute Gasteiger partial charge is 0.433 e. The van der Waals surface area contributed by atoms with Crippen molar-refractivity contribution in [3.63, 3.8) is 0 Å². The van der Waals surface area contributed by atoms with Gasteiger partial charge in [-0.15, -0.1) is 14.9 Å². The van der Waals surface area contributed by atoms with E-state index in [9.17, 15) is 21.6 Å². The van der Waals surface area contributed by atoms with Crippen LogP contribution in [-0.2, 0) is 24.5 Å². The highest BCUT2D eigenvalue weighted by Gasteiger charge is 2.45. The molecule has 0 aromatic heterocycles. The molecule has 1 aliphatic heterocycles. The van der Waals surface area contributed by atoms with Crippen LogP contribution in [0.4, 0.5) is 18.9 Å². The molecule has 0 N–H and O–H groups in total. The molecule has 1 aliphatic rings. The first-order valence-corrected chi connectivity index (χ1v) is 6.63. The zero-order valence-electron chi connectivity index (χ0n) is 7.60. The van der Waals surface area contributed by atoms with E-state index < -0.39 is 25.8 Å². The fraction of sp³-hybridized carbons (Fsp3) is 0.125. The average molecular weight is 268 g/mol. The van der Waals surface area contributed by atoms with E-state index in [1.807, 2.05) is 0 Å². The molecule has 0 saturated heterocycles. The molecule has 8 heteroatoms. The van der Waals surface area contributed by atoms with Crippen LogP contribution in [0, 0.1) is 0 Å². The van der Waals surface area contributed by atoms with Crippen molar-refractivity contribution in [2.45, 2.75) is 5.51 Å². The molecule has 0 aliphatic carbocycles. The maximum atomic E-state index is 12.5. The van der Waals surface area contributed by atoms with Gasteiger partial charge in [-0.2, -0.15) is 13.2 Å². The van der Waals surface area contributed by atoms with Crippen LogP contribution in [0.2, 0.25) is 0 Å². The molecule has 16 heavy (non-hydrogen) atoms. The number of alkyl halides is 3. The SMILES string of the molecule is O=[S-]1=C=S(=O)(C(F)(F)F)N1c1ccccc1. The van der Waals surface area contributed by atoms with Crippen molar-refractivity contribution in [2.75, 3.05) is 3.71 Å². The van der Waals surface area contributed by atoms with Crippen LogP contribution in [0.1, 0.15) is 0 Å². The molecule has 0 saturated carbocycles. The number of benzene rings is 1. The zero-order valence-corrected chi connectivity index (χ0v) is 9.23. The van der Waals surface area contributed by atoms with Gasteiger partial charge in [-0.25, -0.2) is 4.21 Å². The van der Waals surface area contributed by atoms with Crippen LogP contribution in [0.15, 0.2) is 30.3 Å². The number of hydrogen-bond donors (Lipinski definition) is 0. The Morgan fingerprint density at radius 3 is 2.25 bits per heavy atom. The maximum Gasteiger partial charge on any atom is 0.485 e. The first-order chi connectivity index (χ1) is 7.36. The van der Waals surface area contributed by atoms with Crippen molar-refractivity contribution in [3.05, 3.63) is 30.3 Å². The molecule has 0 amide bonds. The van der Waals surface area contributed by atoms with Gasteiger partial charge in [0.15, 0.2) is 9.71 Å². The maximum absolute atomic E-state index is 12.5. The molecular formula is C8H5F3NO2S2-. The lowest BCUT2D eigenvalue weighted by Gasteiger charge is -2.38. The highest BCUT2D eigenvalue weighted by atomic mass is 32.3. The monoisotopic (exact) mass is 268 g/mol. The van der Waals surface area contributed by atoms with E-state index in [0.29, 0.717) is 3.71 Å². The van der Waals surface area contributed by atoms with Gasteiger partial charge in [0.2, 0.25) is 0 Å². The lowest BCUT2D eigenvalue weighted by Crippen LogP contribution is -2.46. The average Bonchev–Trinajstić information content (AvgIpc) is 2.16. The number of hydrogen-bond acceptors (Lipinski definition) is 3. The Kier molecular flexibility index (Phi) is 2.45. The van der Waals surface area contributed by atoms with Crippen LogP contribution in [-0.4, -0.2) is 14.0 Å². The van der Waals surface area contributed by atoms with Crippen molar-refractivity contribution in [1.29, 1.82) is 0 Å². The summed E-state index contributed by atoms with van der Waals surface area (Å²) in [7, 11) is -6.57. The number of rotatable bonds is 1. The third-order valence-electron chi connectivity index (χ3n) is 1.85. The molecule has 1 aromatic rings. The first-order valence-electron chi connectivity index (χ1n) is 4.01. The Bertz CT molecular complexity index is 618. The minimum atomic E-state index is -4.96. The van der Waals surface area contributed by atoms with Crippen molar-refractivity contribution in [2.24, 2.45) is 0 Å². The highest BCUT2D eigenvalue weighted by molar-refractivity contribution is 8.24. The summed E-state index contributed by atoms with van der Waals surface area (Å²) in [6.07, 6.45) is 0. The molecule has 1 atom stereocenters. The Balaban J connectivity index is 2.58. The summed E-state index contributed by atoms with van der Waals surface area (Å²) in [6, 6.07) is 7.16. The number of para-hydroxylation sites is 1. The first kappa shape index (κ1) is 11.4. The summed E-state index contributed by atoms with van der Waals surface area (Å²) >= 11 is 0. The Hall–Kier alpha value is -1.11. The Morgan fingerprint density at radius 2 is 1.81 bits per heavy atom. The van der Waals surface area contributed by atoms with Crippen molar-refractivity contribution in [3.8, 4) is 0 Å². The van der Waals surface area contributed by atoms with Crippen LogP contribution in [0.3, 0.4) is 0 Å². The third kappa shape index (κ3) is 1.50. The molecule has 0 bridgehead atoms. The minimum Gasteiger partial charge on any atom is -0.433 e. The van der Waals surface area contributed by atoms with Gasteiger partial charge in [-0.3, -0.25) is 0 Å². The van der Waals surface area contributed by atoms with E-state index in [1.165, 1.54) is 28.6 Å². The molecule has 1 aromatic carbocycles. The minimum absolute atomic E-state index is 0.00177. The molecule has 1 heterocycles. The van der Waals surface area contributed by atoms with Crippen LogP contribution in [0.5, 0.6) is 0 Å². The molecule has 2 rings (SSSR count). The molecule has 0 radical (unpaired) electrons. The molecule has 88 valence electrons. The quantitative estimate of drug-likeness (QED) is 0.574. The topological polar surface area (TPSA) is 37.4 Å². The molecular weight excluding hydrogens is 263 g/mol. The third-order valence-corrected chi connectivity index (χ3v) is 6.18. The van der Waals surface area contributed by atoms with Gasteiger partial charge < -0.3 is 7.92 Å². The number of anilines is 1. The molecule has 0 spiro atoms. The van der Waals surface area contributed by atoms with Crippen LogP contribution < -0.4 is 3.71 Å². The lowest BCUT2D eigenvalue weighted by molar-refractivity contribution is -0.0391. The largest absolute Gasteiger partial charge is 0.485 e. The number of halogens is 3. The summed E-state index contributed by atoms with van der Waals surface area (Å²) in [5.41, 5.74) is -4.96. The van der Waals surface area contributed by atoms with Crippen LogP contribution >= 0.6 is 0 Å². The van der Waals surface area contributed by atoms with Gasteiger partial charge in [-0.1, -0.05) is 18.2 Å². The summed E-state index contributed by atoms with van der Waals surface area (Å²) in [5.74, 6) is 0. The molecule has 0 fully saturated rings. The van der Waals surface area contributed by atoms with Crippen LogP contribution in [0.25, 0.3) is 0 Å². The van der Waals surface area contributed by atoms with Gasteiger partial charge in [0.25, 0.3) is 0 Å². The van der Waals surface area contributed by atoms with Crippen molar-refractivity contribution in [1.82, 2.24) is 0 Å². The predicted molar refractivity (Wildman–Crippen MR) is 56.2 cm³/mol. The summed E-state index contributed by atoms with van der Waals surface area (Å²) in [5, 5.41) is 0. The standard InChI is InChI=1S/C8H5F3NO2S2/c9-8(10,11)16(14)6-15(13)12(16)7-4-2-1-3-5-7/h1-5H/q-1. The summed E-state index contributed by atoms with van der Waals surface area (Å²) in [4.78, 5) is 0. The fourth-order valence-corrected chi connectivity index (χ4v) is 4.57. The van der Waals surface area contributed by atoms with Gasteiger partial charge >= 0.3 is 5.51 Å². The van der Waals surface area contributed by atoms with E-state index in [4.69, 9.17) is 0 Å². The van der Waals surface area contributed by atoms with Gasteiger partial charge in [0.05, 0.1) is 0 Å². The van der Waals surface area contributed by atoms with E-state index in [1.54, 1.807) is 6.07 Å². The van der Waals surface area contributed by atoms with E-state index in [0.717, 1.165) is 0 Å². The van der Waals surface area contributed by atoms with Gasteiger partial charge in [0, 0.05) is 5.69 Å². The zero-order chi connectivity index (χ0) is 12.0. The second kappa shape index (κ2) is 3.44. The summed E-state index contributed by atoms with van der Waals surface area (Å²) in [6.45, 7) is 0. The summed E-state index contributed by atoms with van der Waals surface area (Å²) < 4.78 is 61.9. The van der Waals surface area contributed by atoms with Crippen molar-refractivity contribution < 1.29 is 21.6 Å². The second-order valence-corrected chi connectivity index (χ2v) is 6.54. The van der Waals surface area contributed by atoms with Gasteiger partial charge in [0.1, 0.15) is 0 Å². The highest BCUT2D eigenvalue weighted by Crippen LogP contribution is 2.34. The normalized spacial score (nSPS) is 25.6. The fourth-order valence-electron chi connectivity index (χ4n) is 1.17.